The lowest BCUT2D eigenvalue weighted by Crippen LogP contribution is -2.52. The Morgan fingerprint density at radius 3 is 2.48 bits per heavy atom. The van der Waals surface area contributed by atoms with E-state index in [9.17, 15) is 14.4 Å². The molecule has 3 aliphatic heterocycles. The highest BCUT2D eigenvalue weighted by molar-refractivity contribution is 6.41. The topological polar surface area (TPSA) is 113 Å². The van der Waals surface area contributed by atoms with Crippen LogP contribution in [0.25, 0.3) is 0 Å². The molecule has 0 aliphatic carbocycles. The van der Waals surface area contributed by atoms with E-state index in [0.29, 0.717) is 61.2 Å². The van der Waals surface area contributed by atoms with Gasteiger partial charge in [-0.15, -0.1) is 0 Å². The fraction of sp³-hybridized carbons (Fsp3) is 0.421. The van der Waals surface area contributed by atoms with E-state index in [1.54, 1.807) is 17.0 Å². The molecule has 0 spiro atoms. The smallest absolute Gasteiger partial charge is 0.270 e. The molecule has 1 N–H and O–H groups in total. The van der Waals surface area contributed by atoms with Crippen molar-refractivity contribution in [3.63, 3.8) is 0 Å². The number of Topliss-reactive ketones (excluding diaryl/α,β-unsaturated/α-hetero) is 1. The van der Waals surface area contributed by atoms with Crippen molar-refractivity contribution in [3.8, 4) is 11.5 Å². The molecule has 3 heterocycles. The third-order valence-electron chi connectivity index (χ3n) is 4.98. The lowest BCUT2D eigenvalue weighted by atomic mass is 10.1. The number of carbonyl (C=O) groups is 3. The molecule has 29 heavy (non-hydrogen) atoms. The Kier molecular flexibility index (Phi) is 5.26. The number of amides is 2. The average molecular weight is 399 g/mol. The van der Waals surface area contributed by atoms with Crippen molar-refractivity contribution >= 4 is 35.3 Å². The molecule has 0 saturated carbocycles. The molecule has 1 saturated heterocycles. The average Bonchev–Trinajstić information content (AvgIpc) is 3.39. The van der Waals surface area contributed by atoms with Crippen LogP contribution in [-0.2, 0) is 9.59 Å². The lowest BCUT2D eigenvalue weighted by Gasteiger charge is -2.34. The molecule has 10 nitrogen and oxygen atoms in total. The Hall–Kier alpha value is -3.27. The van der Waals surface area contributed by atoms with Crippen molar-refractivity contribution in [2.45, 2.75) is 6.92 Å². The van der Waals surface area contributed by atoms with E-state index in [2.05, 4.69) is 15.3 Å². The first-order valence-electron chi connectivity index (χ1n) is 9.32. The van der Waals surface area contributed by atoms with Crippen LogP contribution in [0.5, 0.6) is 11.5 Å². The fourth-order valence-corrected chi connectivity index (χ4v) is 3.42. The summed E-state index contributed by atoms with van der Waals surface area (Å²) in [6, 6.07) is 3.19. The van der Waals surface area contributed by atoms with E-state index >= 15 is 0 Å². The number of anilines is 1. The van der Waals surface area contributed by atoms with E-state index < -0.39 is 0 Å². The minimum absolute atomic E-state index is 0.0889. The second-order valence-corrected chi connectivity index (χ2v) is 6.96. The summed E-state index contributed by atoms with van der Waals surface area (Å²) in [5, 5.41) is 2.79. The number of ketones is 1. The zero-order valence-electron chi connectivity index (χ0n) is 16.0. The molecule has 152 valence electrons. The van der Waals surface area contributed by atoms with Crippen LogP contribution in [-0.4, -0.2) is 85.5 Å². The number of rotatable bonds is 5. The van der Waals surface area contributed by atoms with Gasteiger partial charge >= 0.3 is 0 Å². The molecule has 0 aromatic heterocycles. The third-order valence-corrected chi connectivity index (χ3v) is 4.98. The number of fused-ring (bicyclic) bond motifs is 1. The van der Waals surface area contributed by atoms with Crippen LogP contribution < -0.4 is 14.8 Å². The van der Waals surface area contributed by atoms with Gasteiger partial charge in [-0.2, -0.15) is 0 Å². The molecule has 0 radical (unpaired) electrons. The predicted molar refractivity (Wildman–Crippen MR) is 105 cm³/mol. The highest BCUT2D eigenvalue weighted by Crippen LogP contribution is 2.37. The lowest BCUT2D eigenvalue weighted by molar-refractivity contribution is -0.126. The summed E-state index contributed by atoms with van der Waals surface area (Å²) in [5.41, 5.74) is 1.23. The van der Waals surface area contributed by atoms with Crippen LogP contribution in [0.1, 0.15) is 17.3 Å². The number of ether oxygens (including phenoxy) is 2. The van der Waals surface area contributed by atoms with Crippen molar-refractivity contribution in [2.75, 3.05) is 51.4 Å². The molecule has 3 aliphatic rings. The van der Waals surface area contributed by atoms with Gasteiger partial charge in [-0.3, -0.25) is 24.3 Å². The molecule has 1 aromatic rings. The quantitative estimate of drug-likeness (QED) is 0.707. The van der Waals surface area contributed by atoms with Crippen molar-refractivity contribution in [3.05, 3.63) is 17.7 Å². The first-order valence-corrected chi connectivity index (χ1v) is 9.32. The molecule has 4 rings (SSSR count). The van der Waals surface area contributed by atoms with Crippen molar-refractivity contribution in [1.82, 2.24) is 9.80 Å². The largest absolute Gasteiger partial charge is 0.454 e. The Balaban J connectivity index is 1.33. The van der Waals surface area contributed by atoms with Gasteiger partial charge < -0.3 is 19.7 Å². The Labute approximate surface area is 167 Å². The second kappa shape index (κ2) is 8.00. The molecule has 1 aromatic carbocycles. The van der Waals surface area contributed by atoms with Gasteiger partial charge in [0.25, 0.3) is 5.91 Å². The fourth-order valence-electron chi connectivity index (χ4n) is 3.42. The second-order valence-electron chi connectivity index (χ2n) is 6.96. The van der Waals surface area contributed by atoms with Crippen LogP contribution in [0, 0.1) is 0 Å². The van der Waals surface area contributed by atoms with Gasteiger partial charge in [0, 0.05) is 37.8 Å². The maximum atomic E-state index is 12.5. The minimum atomic E-state index is -0.236. The molecule has 0 unspecified atom stereocenters. The van der Waals surface area contributed by atoms with E-state index in [1.165, 1.54) is 13.3 Å². The summed E-state index contributed by atoms with van der Waals surface area (Å²) in [5.74, 6) is 0.477. The number of hydrogen-bond acceptors (Lipinski definition) is 8. The Bertz CT molecular complexity index is 918. The summed E-state index contributed by atoms with van der Waals surface area (Å²) in [4.78, 5) is 48.4. The number of aliphatic imine (C=N–C) groups is 2. The van der Waals surface area contributed by atoms with Crippen molar-refractivity contribution in [2.24, 2.45) is 9.98 Å². The van der Waals surface area contributed by atoms with Crippen LogP contribution >= 0.6 is 0 Å². The summed E-state index contributed by atoms with van der Waals surface area (Å²) in [7, 11) is 0. The minimum Gasteiger partial charge on any atom is -0.454 e. The standard InChI is InChI=1S/C19H21N5O5/c1-12(25)13-6-16-17(29-11-28-16)7-14(13)22-18(26)9-23-2-4-24(5-3-23)19(27)15-8-20-10-21-15/h6-7,10H,2-5,8-9,11H2,1H3,(H,22,26). The van der Waals surface area contributed by atoms with E-state index in [1.807, 2.05) is 4.90 Å². The zero-order chi connectivity index (χ0) is 20.4. The van der Waals surface area contributed by atoms with Gasteiger partial charge in [-0.1, -0.05) is 0 Å². The Morgan fingerprint density at radius 2 is 1.83 bits per heavy atom. The van der Waals surface area contributed by atoms with Crippen molar-refractivity contribution in [1.29, 1.82) is 0 Å². The molecule has 1 fully saturated rings. The molecule has 10 heteroatoms. The van der Waals surface area contributed by atoms with E-state index in [-0.39, 0.29) is 30.9 Å². The molecule has 0 atom stereocenters. The van der Waals surface area contributed by atoms with Crippen LogP contribution in [0.4, 0.5) is 5.69 Å². The highest BCUT2D eigenvalue weighted by atomic mass is 16.7. The summed E-state index contributed by atoms with van der Waals surface area (Å²) >= 11 is 0. The number of hydrogen-bond donors (Lipinski definition) is 1. The number of piperazine rings is 1. The third kappa shape index (κ3) is 4.11. The van der Waals surface area contributed by atoms with Crippen LogP contribution in [0.2, 0.25) is 0 Å². The van der Waals surface area contributed by atoms with E-state index in [4.69, 9.17) is 9.47 Å². The number of nitrogens with one attached hydrogen (secondary N) is 1. The van der Waals surface area contributed by atoms with Gasteiger partial charge in [0.2, 0.25) is 12.7 Å². The number of benzene rings is 1. The number of nitrogens with zero attached hydrogens (tertiary/aromatic N) is 4. The van der Waals surface area contributed by atoms with Gasteiger partial charge in [0.05, 0.1) is 18.8 Å². The molecular formula is C19H21N5O5. The zero-order valence-corrected chi connectivity index (χ0v) is 16.0. The van der Waals surface area contributed by atoms with Crippen LogP contribution in [0.3, 0.4) is 0 Å². The summed E-state index contributed by atoms with van der Waals surface area (Å²) < 4.78 is 10.6. The SMILES string of the molecule is CC(=O)c1cc2c(cc1NC(=O)CN1CCN(C(=O)C3=NC=NC3)CC1)OCO2. The highest BCUT2D eigenvalue weighted by Gasteiger charge is 2.26. The van der Waals surface area contributed by atoms with E-state index in [0.717, 1.165) is 0 Å². The van der Waals surface area contributed by atoms with Crippen molar-refractivity contribution < 1.29 is 23.9 Å². The first kappa shape index (κ1) is 19.1. The summed E-state index contributed by atoms with van der Waals surface area (Å²) in [6.45, 7) is 4.21. The van der Waals surface area contributed by atoms with Gasteiger partial charge in [0.1, 0.15) is 12.1 Å². The summed E-state index contributed by atoms with van der Waals surface area (Å²) in [6.07, 6.45) is 1.40. The number of carbonyl (C=O) groups excluding carboxylic acids is 3. The molecule has 2 amide bonds. The first-order chi connectivity index (χ1) is 14.0. The monoisotopic (exact) mass is 399 g/mol. The maximum absolute atomic E-state index is 12.5. The van der Waals surface area contributed by atoms with Gasteiger partial charge in [-0.25, -0.2) is 4.99 Å². The van der Waals surface area contributed by atoms with Gasteiger partial charge in [-0.05, 0) is 13.0 Å². The molecular weight excluding hydrogens is 378 g/mol. The molecule has 0 bridgehead atoms. The maximum Gasteiger partial charge on any atom is 0.270 e. The normalized spacial score (nSPS) is 18.0. The van der Waals surface area contributed by atoms with Crippen LogP contribution in [0.15, 0.2) is 22.1 Å². The predicted octanol–water partition coefficient (Wildman–Crippen LogP) is 0.184. The van der Waals surface area contributed by atoms with Gasteiger partial charge in [0.15, 0.2) is 17.3 Å². The Morgan fingerprint density at radius 1 is 1.10 bits per heavy atom.